The van der Waals surface area contributed by atoms with Crippen molar-refractivity contribution in [1.29, 1.82) is 0 Å². The standard InChI is InChI=1S/C15H19N3/c1-2-18-14(7-8-17-18)11-16-10-13-9-12-5-3-4-6-15(12)13/h3-8,13,16H,2,9-11H2,1H3. The van der Waals surface area contributed by atoms with Crippen LogP contribution in [0.1, 0.15) is 29.7 Å². The van der Waals surface area contributed by atoms with Crippen LogP contribution < -0.4 is 5.32 Å². The molecule has 1 atom stereocenters. The average Bonchev–Trinajstić information content (AvgIpc) is 2.82. The summed E-state index contributed by atoms with van der Waals surface area (Å²) in [6, 6.07) is 10.8. The van der Waals surface area contributed by atoms with E-state index in [1.165, 1.54) is 23.2 Å². The predicted molar refractivity (Wildman–Crippen MR) is 72.5 cm³/mol. The van der Waals surface area contributed by atoms with E-state index < -0.39 is 0 Å². The zero-order chi connectivity index (χ0) is 12.4. The molecule has 0 aliphatic heterocycles. The molecule has 0 saturated heterocycles. The van der Waals surface area contributed by atoms with Gasteiger partial charge in [-0.15, -0.1) is 0 Å². The predicted octanol–water partition coefficient (Wildman–Crippen LogP) is 2.33. The van der Waals surface area contributed by atoms with Crippen LogP contribution in [0.15, 0.2) is 36.5 Å². The average molecular weight is 241 g/mol. The number of hydrogen-bond acceptors (Lipinski definition) is 2. The van der Waals surface area contributed by atoms with Crippen molar-refractivity contribution in [2.75, 3.05) is 6.54 Å². The molecule has 94 valence electrons. The molecule has 0 amide bonds. The summed E-state index contributed by atoms with van der Waals surface area (Å²) in [6.07, 6.45) is 3.09. The molecule has 2 aromatic rings. The summed E-state index contributed by atoms with van der Waals surface area (Å²) in [5.41, 5.74) is 4.31. The number of rotatable bonds is 5. The Hall–Kier alpha value is -1.61. The molecule has 1 unspecified atom stereocenters. The molecule has 1 heterocycles. The molecule has 0 spiro atoms. The van der Waals surface area contributed by atoms with Crippen molar-refractivity contribution in [3.63, 3.8) is 0 Å². The molecule has 3 heteroatoms. The first-order chi connectivity index (χ1) is 8.88. The summed E-state index contributed by atoms with van der Waals surface area (Å²) in [5, 5.41) is 7.82. The minimum absolute atomic E-state index is 0.694. The second-order valence-electron chi connectivity index (χ2n) is 4.87. The van der Waals surface area contributed by atoms with E-state index >= 15 is 0 Å². The molecule has 1 aromatic carbocycles. The third-order valence-corrected chi connectivity index (χ3v) is 3.76. The maximum absolute atomic E-state index is 4.28. The van der Waals surface area contributed by atoms with E-state index in [-0.39, 0.29) is 0 Å². The number of hydrogen-bond donors (Lipinski definition) is 1. The smallest absolute Gasteiger partial charge is 0.0521 e. The van der Waals surface area contributed by atoms with Crippen molar-refractivity contribution in [1.82, 2.24) is 15.1 Å². The topological polar surface area (TPSA) is 29.9 Å². The maximum Gasteiger partial charge on any atom is 0.0521 e. The highest BCUT2D eigenvalue weighted by molar-refractivity contribution is 5.40. The van der Waals surface area contributed by atoms with Gasteiger partial charge in [0.15, 0.2) is 0 Å². The summed E-state index contributed by atoms with van der Waals surface area (Å²) >= 11 is 0. The summed E-state index contributed by atoms with van der Waals surface area (Å²) in [6.45, 7) is 5.04. The third-order valence-electron chi connectivity index (χ3n) is 3.76. The highest BCUT2D eigenvalue weighted by Gasteiger charge is 2.24. The SMILES string of the molecule is CCn1nccc1CNCC1Cc2ccccc21. The van der Waals surface area contributed by atoms with Crippen LogP contribution >= 0.6 is 0 Å². The molecule has 0 radical (unpaired) electrons. The van der Waals surface area contributed by atoms with E-state index in [4.69, 9.17) is 0 Å². The molecule has 3 rings (SSSR count). The van der Waals surface area contributed by atoms with Gasteiger partial charge in [-0.3, -0.25) is 4.68 Å². The Balaban J connectivity index is 1.52. The van der Waals surface area contributed by atoms with Crippen molar-refractivity contribution in [2.45, 2.75) is 32.4 Å². The second kappa shape index (κ2) is 4.94. The highest BCUT2D eigenvalue weighted by Crippen LogP contribution is 2.33. The minimum atomic E-state index is 0.694. The number of fused-ring (bicyclic) bond motifs is 1. The summed E-state index contributed by atoms with van der Waals surface area (Å²) in [5.74, 6) is 0.694. The molecule has 3 nitrogen and oxygen atoms in total. The lowest BCUT2D eigenvalue weighted by molar-refractivity contribution is 0.516. The van der Waals surface area contributed by atoms with Gasteiger partial charge < -0.3 is 5.32 Å². The normalized spacial score (nSPS) is 17.3. The fourth-order valence-electron chi connectivity index (χ4n) is 2.71. The van der Waals surface area contributed by atoms with Gasteiger partial charge in [-0.2, -0.15) is 5.10 Å². The van der Waals surface area contributed by atoms with Gasteiger partial charge in [-0.1, -0.05) is 24.3 Å². The van der Waals surface area contributed by atoms with Gasteiger partial charge in [0, 0.05) is 31.7 Å². The summed E-state index contributed by atoms with van der Waals surface area (Å²) < 4.78 is 2.04. The van der Waals surface area contributed by atoms with Crippen LogP contribution in [0.25, 0.3) is 0 Å². The number of benzene rings is 1. The zero-order valence-corrected chi connectivity index (χ0v) is 10.8. The lowest BCUT2D eigenvalue weighted by atomic mass is 9.77. The van der Waals surface area contributed by atoms with Gasteiger partial charge in [0.25, 0.3) is 0 Å². The molecule has 0 bridgehead atoms. The Morgan fingerprint density at radius 3 is 3.06 bits per heavy atom. The lowest BCUT2D eigenvalue weighted by Gasteiger charge is -2.30. The Morgan fingerprint density at radius 2 is 2.22 bits per heavy atom. The monoisotopic (exact) mass is 241 g/mol. The molecular weight excluding hydrogens is 222 g/mol. The number of nitrogens with one attached hydrogen (secondary N) is 1. The molecule has 18 heavy (non-hydrogen) atoms. The van der Waals surface area contributed by atoms with Crippen molar-refractivity contribution < 1.29 is 0 Å². The van der Waals surface area contributed by atoms with Gasteiger partial charge >= 0.3 is 0 Å². The second-order valence-corrected chi connectivity index (χ2v) is 4.87. The van der Waals surface area contributed by atoms with Crippen molar-refractivity contribution in [3.05, 3.63) is 53.3 Å². The number of aromatic nitrogens is 2. The van der Waals surface area contributed by atoms with E-state index in [1.807, 2.05) is 10.9 Å². The van der Waals surface area contributed by atoms with Crippen LogP contribution in [-0.4, -0.2) is 16.3 Å². The maximum atomic E-state index is 4.28. The van der Waals surface area contributed by atoms with Crippen LogP contribution in [0.5, 0.6) is 0 Å². The first kappa shape index (κ1) is 11.5. The van der Waals surface area contributed by atoms with Gasteiger partial charge in [0.1, 0.15) is 0 Å². The van der Waals surface area contributed by atoms with E-state index in [1.54, 1.807) is 0 Å². The molecule has 1 N–H and O–H groups in total. The Labute approximate surface area is 108 Å². The first-order valence-corrected chi connectivity index (χ1v) is 6.67. The molecule has 0 saturated carbocycles. The molecule has 1 aromatic heterocycles. The molecule has 0 fully saturated rings. The number of nitrogens with zero attached hydrogens (tertiary/aromatic N) is 2. The van der Waals surface area contributed by atoms with Crippen LogP contribution in [0.2, 0.25) is 0 Å². The molecule has 1 aliphatic rings. The van der Waals surface area contributed by atoms with Gasteiger partial charge in [0.2, 0.25) is 0 Å². The van der Waals surface area contributed by atoms with E-state index in [2.05, 4.69) is 47.7 Å². The minimum Gasteiger partial charge on any atom is -0.311 e. The molecule has 1 aliphatic carbocycles. The number of aryl methyl sites for hydroxylation is 1. The Bertz CT molecular complexity index is 530. The Morgan fingerprint density at radius 1 is 1.33 bits per heavy atom. The lowest BCUT2D eigenvalue weighted by Crippen LogP contribution is -2.29. The quantitative estimate of drug-likeness (QED) is 0.870. The third kappa shape index (κ3) is 2.06. The van der Waals surface area contributed by atoms with Crippen LogP contribution in [0.4, 0.5) is 0 Å². The van der Waals surface area contributed by atoms with Crippen molar-refractivity contribution >= 4 is 0 Å². The Kier molecular flexibility index (Phi) is 3.15. The summed E-state index contributed by atoms with van der Waals surface area (Å²) in [7, 11) is 0. The molecular formula is C15H19N3. The van der Waals surface area contributed by atoms with Crippen LogP contribution in [-0.2, 0) is 19.5 Å². The summed E-state index contributed by atoms with van der Waals surface area (Å²) in [4.78, 5) is 0. The largest absolute Gasteiger partial charge is 0.311 e. The van der Waals surface area contributed by atoms with Gasteiger partial charge in [-0.25, -0.2) is 0 Å². The van der Waals surface area contributed by atoms with Crippen molar-refractivity contribution in [3.8, 4) is 0 Å². The van der Waals surface area contributed by atoms with E-state index in [0.717, 1.165) is 19.6 Å². The van der Waals surface area contributed by atoms with Gasteiger partial charge in [0.05, 0.1) is 5.69 Å². The van der Waals surface area contributed by atoms with E-state index in [0.29, 0.717) is 5.92 Å². The zero-order valence-electron chi connectivity index (χ0n) is 10.8. The van der Waals surface area contributed by atoms with Crippen molar-refractivity contribution in [2.24, 2.45) is 0 Å². The van der Waals surface area contributed by atoms with Gasteiger partial charge in [-0.05, 0) is 30.5 Å². The van der Waals surface area contributed by atoms with E-state index in [9.17, 15) is 0 Å². The first-order valence-electron chi connectivity index (χ1n) is 6.67. The van der Waals surface area contributed by atoms with Crippen LogP contribution in [0, 0.1) is 0 Å². The van der Waals surface area contributed by atoms with Crippen LogP contribution in [0.3, 0.4) is 0 Å². The fraction of sp³-hybridized carbons (Fsp3) is 0.400. The highest BCUT2D eigenvalue weighted by atomic mass is 15.3. The fourth-order valence-corrected chi connectivity index (χ4v) is 2.71.